The zero-order chi connectivity index (χ0) is 15.0. The Balaban J connectivity index is 1.86. The number of aromatic nitrogens is 1. The van der Waals surface area contributed by atoms with Crippen LogP contribution in [0.2, 0.25) is 0 Å². The van der Waals surface area contributed by atoms with Gasteiger partial charge in [-0.1, -0.05) is 24.1 Å². The minimum absolute atomic E-state index is 0.138. The van der Waals surface area contributed by atoms with Crippen molar-refractivity contribution in [2.45, 2.75) is 13.3 Å². The van der Waals surface area contributed by atoms with Gasteiger partial charge in [0, 0.05) is 4.88 Å². The summed E-state index contributed by atoms with van der Waals surface area (Å²) < 4.78 is 0. The molecule has 1 aliphatic rings. The van der Waals surface area contributed by atoms with Crippen molar-refractivity contribution < 1.29 is 19.2 Å². The van der Waals surface area contributed by atoms with E-state index in [4.69, 9.17) is 4.84 Å². The zero-order valence-corrected chi connectivity index (χ0v) is 11.8. The molecule has 0 aliphatic carbocycles. The van der Waals surface area contributed by atoms with E-state index in [9.17, 15) is 14.4 Å². The molecule has 21 heavy (non-hydrogen) atoms. The summed E-state index contributed by atoms with van der Waals surface area (Å²) in [5.74, 6) is -2.09. The lowest BCUT2D eigenvalue weighted by Crippen LogP contribution is -2.33. The van der Waals surface area contributed by atoms with Gasteiger partial charge in [0.05, 0.1) is 16.6 Å². The molecule has 0 unspecified atom stereocenters. The van der Waals surface area contributed by atoms with Crippen molar-refractivity contribution in [3.8, 4) is 0 Å². The van der Waals surface area contributed by atoms with E-state index in [2.05, 4.69) is 4.98 Å². The molecule has 0 bridgehead atoms. The minimum Gasteiger partial charge on any atom is -0.322 e. The molecular weight excluding hydrogens is 292 g/mol. The molecule has 2 heterocycles. The molecule has 0 radical (unpaired) electrons. The lowest BCUT2D eigenvalue weighted by Gasteiger charge is -2.12. The molecule has 2 amide bonds. The van der Waals surface area contributed by atoms with Gasteiger partial charge in [-0.05, 0) is 18.6 Å². The first kappa shape index (κ1) is 13.4. The Hall–Kier alpha value is -2.54. The molecule has 0 saturated heterocycles. The summed E-state index contributed by atoms with van der Waals surface area (Å²) >= 11 is 1.32. The van der Waals surface area contributed by atoms with Crippen molar-refractivity contribution in [3.63, 3.8) is 0 Å². The van der Waals surface area contributed by atoms with Crippen molar-refractivity contribution in [2.75, 3.05) is 0 Å². The van der Waals surface area contributed by atoms with E-state index in [1.807, 2.05) is 6.92 Å². The number of hydrogen-bond acceptors (Lipinski definition) is 6. The third-order valence-electron chi connectivity index (χ3n) is 3.09. The number of amides is 2. The first-order valence-corrected chi connectivity index (χ1v) is 7.14. The van der Waals surface area contributed by atoms with Crippen LogP contribution in [0.5, 0.6) is 0 Å². The van der Waals surface area contributed by atoms with Crippen LogP contribution >= 0.6 is 11.3 Å². The van der Waals surface area contributed by atoms with Crippen LogP contribution in [0.25, 0.3) is 0 Å². The zero-order valence-electron chi connectivity index (χ0n) is 11.0. The number of aryl methyl sites for hydroxylation is 1. The molecule has 106 valence electrons. The van der Waals surface area contributed by atoms with Gasteiger partial charge in [0.25, 0.3) is 11.8 Å². The highest BCUT2D eigenvalue weighted by molar-refractivity contribution is 7.09. The topological polar surface area (TPSA) is 76.6 Å². The normalized spacial score (nSPS) is 13.5. The molecule has 3 rings (SSSR count). The number of imide groups is 1. The third kappa shape index (κ3) is 2.11. The average Bonchev–Trinajstić information content (AvgIpc) is 3.07. The quantitative estimate of drug-likeness (QED) is 0.811. The summed E-state index contributed by atoms with van der Waals surface area (Å²) in [7, 11) is 0. The number of hydroxylamine groups is 2. The Kier molecular flexibility index (Phi) is 3.26. The van der Waals surface area contributed by atoms with Crippen LogP contribution in [0.4, 0.5) is 0 Å². The van der Waals surface area contributed by atoms with Gasteiger partial charge in [0.15, 0.2) is 5.69 Å². The summed E-state index contributed by atoms with van der Waals surface area (Å²) in [6, 6.07) is 6.32. The number of thiazole rings is 1. The summed E-state index contributed by atoms with van der Waals surface area (Å²) in [5, 5.41) is 0.492. The fourth-order valence-corrected chi connectivity index (χ4v) is 2.76. The largest absolute Gasteiger partial charge is 0.383 e. The fourth-order valence-electron chi connectivity index (χ4n) is 2.06. The summed E-state index contributed by atoms with van der Waals surface area (Å²) in [6.07, 6.45) is 0.622. The summed E-state index contributed by atoms with van der Waals surface area (Å²) in [5.41, 5.74) is 2.12. The highest BCUT2D eigenvalue weighted by Crippen LogP contribution is 2.24. The van der Waals surface area contributed by atoms with Crippen molar-refractivity contribution in [3.05, 3.63) is 51.5 Å². The predicted molar refractivity (Wildman–Crippen MR) is 73.8 cm³/mol. The number of carbonyl (C=O) groups excluding carboxylic acids is 3. The Morgan fingerprint density at radius 1 is 1.24 bits per heavy atom. The monoisotopic (exact) mass is 302 g/mol. The van der Waals surface area contributed by atoms with Gasteiger partial charge in [0.2, 0.25) is 0 Å². The van der Waals surface area contributed by atoms with Gasteiger partial charge in [-0.2, -0.15) is 0 Å². The third-order valence-corrected chi connectivity index (χ3v) is 4.06. The van der Waals surface area contributed by atoms with Crippen molar-refractivity contribution in [1.82, 2.24) is 10.0 Å². The standard InChI is InChI=1S/C14H10N2O4S/c1-2-10-11(15-7-21-10)14(19)20-16-12(17)8-5-3-4-6-9(8)13(16)18/h3-7H,2H2,1H3. The molecule has 2 aromatic rings. The van der Waals surface area contributed by atoms with Crippen LogP contribution in [0.3, 0.4) is 0 Å². The predicted octanol–water partition coefficient (Wildman–Crippen LogP) is 2.07. The molecule has 7 heteroatoms. The molecule has 0 spiro atoms. The fraction of sp³-hybridized carbons (Fsp3) is 0.143. The van der Waals surface area contributed by atoms with E-state index in [0.29, 0.717) is 11.5 Å². The van der Waals surface area contributed by atoms with Crippen LogP contribution in [0, 0.1) is 0 Å². The summed E-state index contributed by atoms with van der Waals surface area (Å²) in [4.78, 5) is 45.8. The number of hydrogen-bond donors (Lipinski definition) is 0. The van der Waals surface area contributed by atoms with Gasteiger partial charge in [0.1, 0.15) is 0 Å². The van der Waals surface area contributed by atoms with Crippen molar-refractivity contribution in [2.24, 2.45) is 0 Å². The molecule has 0 atom stereocenters. The second kappa shape index (κ2) is 5.10. The minimum atomic E-state index is -0.803. The van der Waals surface area contributed by atoms with Gasteiger partial charge >= 0.3 is 5.97 Å². The van der Waals surface area contributed by atoms with Gasteiger partial charge < -0.3 is 4.84 Å². The maximum Gasteiger partial charge on any atom is 0.383 e. The second-order valence-electron chi connectivity index (χ2n) is 4.31. The molecule has 6 nitrogen and oxygen atoms in total. The van der Waals surface area contributed by atoms with E-state index in [1.54, 1.807) is 12.1 Å². The van der Waals surface area contributed by atoms with E-state index in [0.717, 1.165) is 4.88 Å². The van der Waals surface area contributed by atoms with Gasteiger partial charge in [-0.15, -0.1) is 11.3 Å². The number of fused-ring (bicyclic) bond motifs is 1. The second-order valence-corrected chi connectivity index (χ2v) is 5.25. The smallest absolute Gasteiger partial charge is 0.322 e. The van der Waals surface area contributed by atoms with E-state index >= 15 is 0 Å². The Bertz CT molecular complexity index is 718. The lowest BCUT2D eigenvalue weighted by molar-refractivity contribution is -0.0588. The molecule has 0 N–H and O–H groups in total. The van der Waals surface area contributed by atoms with E-state index in [-0.39, 0.29) is 16.8 Å². The highest BCUT2D eigenvalue weighted by Gasteiger charge is 2.39. The van der Waals surface area contributed by atoms with Gasteiger partial charge in [-0.3, -0.25) is 9.59 Å². The van der Waals surface area contributed by atoms with Crippen LogP contribution in [-0.4, -0.2) is 27.8 Å². The van der Waals surface area contributed by atoms with Gasteiger partial charge in [-0.25, -0.2) is 9.78 Å². The average molecular weight is 302 g/mol. The molecular formula is C14H10N2O4S. The Labute approximate surface area is 123 Å². The Morgan fingerprint density at radius 3 is 2.43 bits per heavy atom. The van der Waals surface area contributed by atoms with Crippen LogP contribution in [0.1, 0.15) is 43.0 Å². The lowest BCUT2D eigenvalue weighted by atomic mass is 10.1. The molecule has 0 saturated carbocycles. The molecule has 1 aromatic heterocycles. The highest BCUT2D eigenvalue weighted by atomic mass is 32.1. The Morgan fingerprint density at radius 2 is 1.86 bits per heavy atom. The molecule has 0 fully saturated rings. The van der Waals surface area contributed by atoms with Crippen molar-refractivity contribution in [1.29, 1.82) is 0 Å². The number of nitrogens with zero attached hydrogens (tertiary/aromatic N) is 2. The van der Waals surface area contributed by atoms with Crippen LogP contribution in [-0.2, 0) is 11.3 Å². The van der Waals surface area contributed by atoms with E-state index < -0.39 is 17.8 Å². The van der Waals surface area contributed by atoms with Crippen LogP contribution in [0.15, 0.2) is 29.8 Å². The number of carbonyl (C=O) groups is 3. The maximum absolute atomic E-state index is 12.1. The van der Waals surface area contributed by atoms with Crippen molar-refractivity contribution >= 4 is 29.1 Å². The maximum atomic E-state index is 12.1. The number of benzene rings is 1. The van der Waals surface area contributed by atoms with Crippen LogP contribution < -0.4 is 0 Å². The SMILES string of the molecule is CCc1scnc1C(=O)ON1C(=O)c2ccccc2C1=O. The molecule has 1 aliphatic heterocycles. The summed E-state index contributed by atoms with van der Waals surface area (Å²) in [6.45, 7) is 1.88. The first-order valence-electron chi connectivity index (χ1n) is 6.26. The molecule has 1 aromatic carbocycles. The first-order chi connectivity index (χ1) is 10.1. The number of rotatable bonds is 3. The van der Waals surface area contributed by atoms with E-state index in [1.165, 1.54) is 29.0 Å².